The normalized spacial score (nSPS) is 19.7. The fourth-order valence-corrected chi connectivity index (χ4v) is 4.03. The number of hydrogen-bond donors (Lipinski definition) is 1. The van der Waals surface area contributed by atoms with E-state index in [0.717, 1.165) is 45.5 Å². The van der Waals surface area contributed by atoms with Crippen LogP contribution in [0.1, 0.15) is 37.1 Å². The third-order valence-corrected chi connectivity index (χ3v) is 5.59. The van der Waals surface area contributed by atoms with Gasteiger partial charge in [0.2, 0.25) is 0 Å². The summed E-state index contributed by atoms with van der Waals surface area (Å²) in [7, 11) is 0. The van der Waals surface area contributed by atoms with Crippen LogP contribution in [0, 0.1) is 0 Å². The zero-order chi connectivity index (χ0) is 13.7. The molecule has 0 spiro atoms. The number of hydrogen-bond acceptors (Lipinski definition) is 4. The van der Waals surface area contributed by atoms with Crippen molar-refractivity contribution in [2.24, 2.45) is 5.73 Å². The highest BCUT2D eigenvalue weighted by Gasteiger charge is 2.24. The van der Waals surface area contributed by atoms with E-state index in [2.05, 4.69) is 39.2 Å². The minimum Gasteiger partial charge on any atom is -0.378 e. The van der Waals surface area contributed by atoms with Gasteiger partial charge in [0, 0.05) is 40.5 Å². The van der Waals surface area contributed by atoms with Gasteiger partial charge in [-0.2, -0.15) is 0 Å². The van der Waals surface area contributed by atoms with E-state index in [1.54, 1.807) is 0 Å². The van der Waals surface area contributed by atoms with Crippen LogP contribution in [0.3, 0.4) is 0 Å². The first-order valence-corrected chi connectivity index (χ1v) is 8.67. The van der Waals surface area contributed by atoms with E-state index >= 15 is 0 Å². The summed E-state index contributed by atoms with van der Waals surface area (Å²) < 4.78 is 7.04. The van der Waals surface area contributed by atoms with Gasteiger partial charge in [-0.3, -0.25) is 4.90 Å². The molecule has 0 radical (unpaired) electrons. The SMILES string of the molecule is CC(c1cc(Br)cs1)N1CCC(OCCCN)CC1. The predicted molar refractivity (Wildman–Crippen MR) is 84.7 cm³/mol. The first kappa shape index (κ1) is 15.4. The second-order valence-electron chi connectivity index (χ2n) is 5.09. The Morgan fingerprint density at radius 3 is 2.84 bits per heavy atom. The van der Waals surface area contributed by atoms with Gasteiger partial charge in [-0.1, -0.05) is 0 Å². The third-order valence-electron chi connectivity index (χ3n) is 3.73. The predicted octanol–water partition coefficient (Wildman–Crippen LogP) is 3.40. The van der Waals surface area contributed by atoms with Crippen molar-refractivity contribution in [3.8, 4) is 0 Å². The van der Waals surface area contributed by atoms with Crippen LogP contribution in [0.25, 0.3) is 0 Å². The maximum absolute atomic E-state index is 5.85. The van der Waals surface area contributed by atoms with Crippen molar-refractivity contribution in [3.05, 3.63) is 20.8 Å². The zero-order valence-corrected chi connectivity index (χ0v) is 13.9. The van der Waals surface area contributed by atoms with E-state index in [9.17, 15) is 0 Å². The number of likely N-dealkylation sites (tertiary alicyclic amines) is 1. The molecule has 2 rings (SSSR count). The molecule has 1 atom stereocenters. The standard InChI is InChI=1S/C14H23BrN2OS/c1-11(14-9-12(15)10-19-14)17-6-3-13(4-7-17)18-8-2-5-16/h9-11,13H,2-8,16H2,1H3. The van der Waals surface area contributed by atoms with E-state index in [4.69, 9.17) is 10.5 Å². The molecule has 0 aliphatic carbocycles. The van der Waals surface area contributed by atoms with Gasteiger partial charge in [-0.15, -0.1) is 11.3 Å². The van der Waals surface area contributed by atoms with Crippen molar-refractivity contribution in [2.45, 2.75) is 38.3 Å². The summed E-state index contributed by atoms with van der Waals surface area (Å²) in [5.74, 6) is 0. The summed E-state index contributed by atoms with van der Waals surface area (Å²) >= 11 is 5.37. The molecule has 0 amide bonds. The van der Waals surface area contributed by atoms with Crippen LogP contribution in [0.2, 0.25) is 0 Å². The second kappa shape index (κ2) is 7.74. The molecule has 1 aromatic heterocycles. The average Bonchev–Trinajstić information content (AvgIpc) is 2.86. The van der Waals surface area contributed by atoms with Gasteiger partial charge in [-0.25, -0.2) is 0 Å². The highest BCUT2D eigenvalue weighted by Crippen LogP contribution is 2.31. The molecular weight excluding hydrogens is 324 g/mol. The summed E-state index contributed by atoms with van der Waals surface area (Å²) in [6.45, 7) is 6.10. The molecule has 0 aromatic carbocycles. The first-order chi connectivity index (χ1) is 9.20. The summed E-state index contributed by atoms with van der Waals surface area (Å²) in [6.07, 6.45) is 3.69. The summed E-state index contributed by atoms with van der Waals surface area (Å²) in [5, 5.41) is 2.16. The summed E-state index contributed by atoms with van der Waals surface area (Å²) in [5.41, 5.74) is 5.48. The second-order valence-corrected chi connectivity index (χ2v) is 6.95. The van der Waals surface area contributed by atoms with Crippen molar-refractivity contribution in [3.63, 3.8) is 0 Å². The van der Waals surface area contributed by atoms with E-state index < -0.39 is 0 Å². The molecule has 5 heteroatoms. The lowest BCUT2D eigenvalue weighted by molar-refractivity contribution is -0.000436. The van der Waals surface area contributed by atoms with Gasteiger partial charge in [0.25, 0.3) is 0 Å². The van der Waals surface area contributed by atoms with Crippen LogP contribution >= 0.6 is 27.3 Å². The maximum atomic E-state index is 5.85. The number of ether oxygens (including phenoxy) is 1. The Morgan fingerprint density at radius 1 is 1.53 bits per heavy atom. The van der Waals surface area contributed by atoms with Crippen molar-refractivity contribution in [1.82, 2.24) is 4.90 Å². The van der Waals surface area contributed by atoms with Gasteiger partial charge in [0.1, 0.15) is 0 Å². The van der Waals surface area contributed by atoms with Gasteiger partial charge < -0.3 is 10.5 Å². The Morgan fingerprint density at radius 2 is 2.26 bits per heavy atom. The lowest BCUT2D eigenvalue weighted by Gasteiger charge is -2.35. The molecule has 1 aliphatic heterocycles. The minimum absolute atomic E-state index is 0.435. The topological polar surface area (TPSA) is 38.5 Å². The number of piperidine rings is 1. The van der Waals surface area contributed by atoms with Gasteiger partial charge in [0.15, 0.2) is 0 Å². The smallest absolute Gasteiger partial charge is 0.0599 e. The molecule has 19 heavy (non-hydrogen) atoms. The fraction of sp³-hybridized carbons (Fsp3) is 0.714. The Balaban J connectivity index is 1.76. The van der Waals surface area contributed by atoms with Crippen molar-refractivity contribution in [1.29, 1.82) is 0 Å². The third kappa shape index (κ3) is 4.53. The Kier molecular flexibility index (Phi) is 6.29. The van der Waals surface area contributed by atoms with Crippen LogP contribution in [0.4, 0.5) is 0 Å². The monoisotopic (exact) mass is 346 g/mol. The van der Waals surface area contributed by atoms with E-state index in [0.29, 0.717) is 12.1 Å². The number of nitrogens with zero attached hydrogens (tertiary/aromatic N) is 1. The average molecular weight is 347 g/mol. The summed E-state index contributed by atoms with van der Waals surface area (Å²) in [6, 6.07) is 2.75. The van der Waals surface area contributed by atoms with Gasteiger partial charge in [-0.05, 0) is 54.7 Å². The number of halogens is 1. The van der Waals surface area contributed by atoms with E-state index in [-0.39, 0.29) is 0 Å². The van der Waals surface area contributed by atoms with Crippen LogP contribution in [-0.2, 0) is 4.74 Å². The minimum atomic E-state index is 0.435. The van der Waals surface area contributed by atoms with E-state index in [1.165, 1.54) is 9.35 Å². The van der Waals surface area contributed by atoms with Crippen molar-refractivity contribution < 1.29 is 4.74 Å². The molecule has 2 N–H and O–H groups in total. The number of rotatable bonds is 6. The number of nitrogens with two attached hydrogens (primary N) is 1. The fourth-order valence-electron chi connectivity index (χ4n) is 2.49. The van der Waals surface area contributed by atoms with E-state index in [1.807, 2.05) is 11.3 Å². The van der Waals surface area contributed by atoms with Crippen LogP contribution < -0.4 is 5.73 Å². The lowest BCUT2D eigenvalue weighted by Crippen LogP contribution is -2.38. The molecule has 2 heterocycles. The Hall–Kier alpha value is 0.0600. The van der Waals surface area contributed by atoms with Crippen molar-refractivity contribution >= 4 is 27.3 Å². The molecule has 1 saturated heterocycles. The molecule has 0 bridgehead atoms. The molecule has 1 aromatic rings. The lowest BCUT2D eigenvalue weighted by atomic mass is 10.1. The maximum Gasteiger partial charge on any atom is 0.0599 e. The quantitative estimate of drug-likeness (QED) is 0.802. The van der Waals surface area contributed by atoms with Gasteiger partial charge in [0.05, 0.1) is 6.10 Å². The molecule has 108 valence electrons. The summed E-state index contributed by atoms with van der Waals surface area (Å²) in [4.78, 5) is 4.00. The molecule has 3 nitrogen and oxygen atoms in total. The molecule has 1 aliphatic rings. The molecule has 0 saturated carbocycles. The Labute approximate surface area is 128 Å². The Bertz CT molecular complexity index is 377. The van der Waals surface area contributed by atoms with Crippen LogP contribution in [-0.4, -0.2) is 37.2 Å². The highest BCUT2D eigenvalue weighted by atomic mass is 79.9. The van der Waals surface area contributed by atoms with Gasteiger partial charge >= 0.3 is 0 Å². The molecule has 1 unspecified atom stereocenters. The van der Waals surface area contributed by atoms with Crippen LogP contribution in [0.5, 0.6) is 0 Å². The molecular formula is C14H23BrN2OS. The van der Waals surface area contributed by atoms with Crippen molar-refractivity contribution in [2.75, 3.05) is 26.2 Å². The van der Waals surface area contributed by atoms with Crippen LogP contribution in [0.15, 0.2) is 15.9 Å². The highest BCUT2D eigenvalue weighted by molar-refractivity contribution is 9.10. The number of thiophene rings is 1. The zero-order valence-electron chi connectivity index (χ0n) is 11.5. The largest absolute Gasteiger partial charge is 0.378 e. The first-order valence-electron chi connectivity index (χ1n) is 7.00. The molecule has 1 fully saturated rings.